The molecule has 3 atom stereocenters. The number of aliphatic hydroxyl groups excluding tert-OH is 1. The first-order valence-corrected chi connectivity index (χ1v) is 6.84. The molecule has 0 bridgehead atoms. The highest BCUT2D eigenvalue weighted by Gasteiger charge is 2.59. The van der Waals surface area contributed by atoms with Crippen LogP contribution in [0.4, 0.5) is 0 Å². The third kappa shape index (κ3) is 1.73. The topological polar surface area (TPSA) is 47.9 Å². The Hall–Kier alpha value is -0.160. The maximum Gasteiger partial charge on any atom is 0.169 e. The van der Waals surface area contributed by atoms with Gasteiger partial charge in [-0.2, -0.15) is 0 Å². The summed E-state index contributed by atoms with van der Waals surface area (Å²) >= 11 is 0. The van der Waals surface area contributed by atoms with Crippen LogP contribution in [0.5, 0.6) is 0 Å². The van der Waals surface area contributed by atoms with Gasteiger partial charge in [0, 0.05) is 12.8 Å². The summed E-state index contributed by atoms with van der Waals surface area (Å²) in [5.41, 5.74) is -0.536. The number of ether oxygens (including phenoxy) is 3. The number of aliphatic hydroxyl groups is 1. The minimum Gasteiger partial charge on any atom is -0.393 e. The Morgan fingerprint density at radius 1 is 1.18 bits per heavy atom. The molecule has 2 aliphatic heterocycles. The van der Waals surface area contributed by atoms with Crippen LogP contribution in [0.2, 0.25) is 0 Å². The molecule has 0 aromatic carbocycles. The lowest BCUT2D eigenvalue weighted by molar-refractivity contribution is -0.233. The van der Waals surface area contributed by atoms with Crippen LogP contribution >= 0.6 is 0 Å². The first-order valence-electron chi connectivity index (χ1n) is 6.84. The summed E-state index contributed by atoms with van der Waals surface area (Å²) in [7, 11) is 0. The van der Waals surface area contributed by atoms with Gasteiger partial charge in [0.2, 0.25) is 0 Å². The molecule has 1 aliphatic carbocycles. The Morgan fingerprint density at radius 3 is 2.59 bits per heavy atom. The molecule has 1 N–H and O–H groups in total. The monoisotopic (exact) mass is 242 g/mol. The van der Waals surface area contributed by atoms with E-state index >= 15 is 0 Å². The molecule has 2 saturated heterocycles. The van der Waals surface area contributed by atoms with Crippen LogP contribution in [-0.2, 0) is 14.2 Å². The van der Waals surface area contributed by atoms with Crippen molar-refractivity contribution in [3.63, 3.8) is 0 Å². The van der Waals surface area contributed by atoms with Crippen molar-refractivity contribution >= 4 is 0 Å². The molecule has 17 heavy (non-hydrogen) atoms. The van der Waals surface area contributed by atoms with Gasteiger partial charge in [0.15, 0.2) is 5.79 Å². The van der Waals surface area contributed by atoms with Crippen molar-refractivity contribution in [1.82, 2.24) is 0 Å². The zero-order valence-corrected chi connectivity index (χ0v) is 10.5. The van der Waals surface area contributed by atoms with Crippen LogP contribution in [-0.4, -0.2) is 41.9 Å². The van der Waals surface area contributed by atoms with Crippen LogP contribution in [0, 0.1) is 0 Å². The zero-order valence-electron chi connectivity index (χ0n) is 10.5. The predicted molar refractivity (Wildman–Crippen MR) is 61.6 cm³/mol. The quantitative estimate of drug-likeness (QED) is 0.799. The Bertz CT molecular complexity index is 281. The number of hydrogen-bond acceptors (Lipinski definition) is 4. The summed E-state index contributed by atoms with van der Waals surface area (Å²) in [5.74, 6) is -0.368. The van der Waals surface area contributed by atoms with Crippen LogP contribution < -0.4 is 0 Å². The maximum absolute atomic E-state index is 9.59. The van der Waals surface area contributed by atoms with E-state index in [4.69, 9.17) is 14.2 Å². The van der Waals surface area contributed by atoms with E-state index < -0.39 is 5.60 Å². The van der Waals surface area contributed by atoms with E-state index in [2.05, 4.69) is 0 Å². The van der Waals surface area contributed by atoms with E-state index in [0.717, 1.165) is 19.3 Å². The lowest BCUT2D eigenvalue weighted by Crippen LogP contribution is -2.46. The second-order valence-electron chi connectivity index (χ2n) is 5.55. The van der Waals surface area contributed by atoms with Gasteiger partial charge in [0.1, 0.15) is 17.8 Å². The summed E-state index contributed by atoms with van der Waals surface area (Å²) in [5, 5.41) is 9.59. The van der Waals surface area contributed by atoms with Crippen LogP contribution in [0.15, 0.2) is 0 Å². The minimum absolute atomic E-state index is 0.0141. The summed E-state index contributed by atoms with van der Waals surface area (Å²) < 4.78 is 18.1. The molecule has 3 rings (SSSR count). The second kappa shape index (κ2) is 4.19. The molecule has 2 heterocycles. The SMILES string of the molecule is CC[C@]1(CO)OC[C@@H]2OC3(CCCCC3)O[C@@H]21. The van der Waals surface area contributed by atoms with E-state index in [1.807, 2.05) is 6.92 Å². The third-order valence-electron chi connectivity index (χ3n) is 4.58. The summed E-state index contributed by atoms with van der Waals surface area (Å²) in [6.45, 7) is 2.61. The van der Waals surface area contributed by atoms with E-state index in [1.165, 1.54) is 19.3 Å². The van der Waals surface area contributed by atoms with Gasteiger partial charge in [-0.05, 0) is 19.3 Å². The highest BCUT2D eigenvalue weighted by atomic mass is 16.8. The molecule has 0 aromatic rings. The Morgan fingerprint density at radius 2 is 1.94 bits per heavy atom. The van der Waals surface area contributed by atoms with E-state index in [1.54, 1.807) is 0 Å². The first kappa shape index (κ1) is 11.9. The molecule has 4 nitrogen and oxygen atoms in total. The fourth-order valence-corrected chi connectivity index (χ4v) is 3.45. The van der Waals surface area contributed by atoms with Crippen LogP contribution in [0.25, 0.3) is 0 Å². The van der Waals surface area contributed by atoms with Gasteiger partial charge in [-0.25, -0.2) is 0 Å². The Kier molecular flexibility index (Phi) is 2.94. The van der Waals surface area contributed by atoms with Gasteiger partial charge in [-0.1, -0.05) is 13.3 Å². The second-order valence-corrected chi connectivity index (χ2v) is 5.55. The molecule has 1 saturated carbocycles. The lowest BCUT2D eigenvalue weighted by atomic mass is 9.93. The zero-order chi connectivity index (χ0) is 11.9. The molecule has 3 aliphatic rings. The smallest absolute Gasteiger partial charge is 0.169 e. The Balaban J connectivity index is 1.78. The number of hydrogen-bond donors (Lipinski definition) is 1. The van der Waals surface area contributed by atoms with Crippen molar-refractivity contribution < 1.29 is 19.3 Å². The standard InChI is InChI=1S/C13H22O4/c1-2-12(9-14)11-10(8-15-12)16-13(17-11)6-4-3-5-7-13/h10-11,14H,2-9H2,1H3/t10-,11-,12+/m0/s1. The highest BCUT2D eigenvalue weighted by molar-refractivity contribution is 5.04. The maximum atomic E-state index is 9.59. The fraction of sp³-hybridized carbons (Fsp3) is 1.00. The largest absolute Gasteiger partial charge is 0.393 e. The molecule has 0 unspecified atom stereocenters. The van der Waals surface area contributed by atoms with E-state index in [9.17, 15) is 5.11 Å². The molecule has 0 amide bonds. The molecule has 4 heteroatoms. The van der Waals surface area contributed by atoms with Gasteiger partial charge in [0.05, 0.1) is 13.2 Å². The summed E-state index contributed by atoms with van der Waals surface area (Å²) in [6, 6.07) is 0. The normalized spacial score (nSPS) is 44.1. The molecule has 1 spiro atoms. The molecule has 3 fully saturated rings. The Labute approximate surface area is 102 Å². The fourth-order valence-electron chi connectivity index (χ4n) is 3.45. The summed E-state index contributed by atoms with van der Waals surface area (Å²) in [6.07, 6.45) is 6.31. The summed E-state index contributed by atoms with van der Waals surface area (Å²) in [4.78, 5) is 0. The van der Waals surface area contributed by atoms with Gasteiger partial charge >= 0.3 is 0 Å². The van der Waals surface area contributed by atoms with Crippen LogP contribution in [0.1, 0.15) is 45.4 Å². The minimum atomic E-state index is -0.536. The lowest BCUT2D eigenvalue weighted by Gasteiger charge is -2.36. The van der Waals surface area contributed by atoms with Gasteiger partial charge in [0.25, 0.3) is 0 Å². The molecule has 98 valence electrons. The molecule has 0 aromatic heterocycles. The van der Waals surface area contributed by atoms with Crippen LogP contribution in [0.3, 0.4) is 0 Å². The van der Waals surface area contributed by atoms with Gasteiger partial charge in [-0.3, -0.25) is 0 Å². The molecule has 0 radical (unpaired) electrons. The van der Waals surface area contributed by atoms with Crippen molar-refractivity contribution in [2.45, 2.75) is 69.0 Å². The van der Waals surface area contributed by atoms with E-state index in [-0.39, 0.29) is 24.6 Å². The van der Waals surface area contributed by atoms with Crippen molar-refractivity contribution in [3.8, 4) is 0 Å². The van der Waals surface area contributed by atoms with Gasteiger partial charge in [-0.15, -0.1) is 0 Å². The average Bonchev–Trinajstić information content (AvgIpc) is 2.86. The predicted octanol–water partition coefficient (Wildman–Crippen LogP) is 1.60. The van der Waals surface area contributed by atoms with E-state index in [0.29, 0.717) is 6.61 Å². The number of fused-ring (bicyclic) bond motifs is 1. The highest BCUT2D eigenvalue weighted by Crippen LogP contribution is 2.47. The third-order valence-corrected chi connectivity index (χ3v) is 4.58. The van der Waals surface area contributed by atoms with Crippen molar-refractivity contribution in [1.29, 1.82) is 0 Å². The van der Waals surface area contributed by atoms with Crippen molar-refractivity contribution in [2.75, 3.05) is 13.2 Å². The molecular formula is C13H22O4. The average molecular weight is 242 g/mol. The first-order chi connectivity index (χ1) is 8.24. The van der Waals surface area contributed by atoms with Crippen molar-refractivity contribution in [2.24, 2.45) is 0 Å². The van der Waals surface area contributed by atoms with Gasteiger partial charge < -0.3 is 19.3 Å². The van der Waals surface area contributed by atoms with Crippen molar-refractivity contribution in [3.05, 3.63) is 0 Å². The molecular weight excluding hydrogens is 220 g/mol. The number of rotatable bonds is 2.